The molecule has 2 nitrogen and oxygen atoms in total. The Morgan fingerprint density at radius 1 is 1.00 bits per heavy atom. The second kappa shape index (κ2) is 7.49. The number of hydrogen-bond donors (Lipinski definition) is 1. The number of hydrogen-bond acceptors (Lipinski definition) is 2. The average Bonchev–Trinajstić information content (AvgIpc) is 2.41. The van der Waals surface area contributed by atoms with Crippen LogP contribution < -0.4 is 0 Å². The Hall–Kier alpha value is -0.0800. The molecule has 0 amide bonds. The van der Waals surface area contributed by atoms with E-state index in [1.807, 2.05) is 0 Å². The molecule has 0 aromatic carbocycles. The zero-order chi connectivity index (χ0) is 12.8. The highest BCUT2D eigenvalue weighted by molar-refractivity contribution is 4.81. The molecule has 2 fully saturated rings. The van der Waals surface area contributed by atoms with Gasteiger partial charge in [0.15, 0.2) is 0 Å². The summed E-state index contributed by atoms with van der Waals surface area (Å²) in [5.41, 5.74) is 0. The van der Waals surface area contributed by atoms with Crippen molar-refractivity contribution in [1.29, 1.82) is 0 Å². The summed E-state index contributed by atoms with van der Waals surface area (Å²) >= 11 is 0. The molecule has 3 atom stereocenters. The highest BCUT2D eigenvalue weighted by atomic mass is 16.5. The number of rotatable bonds is 5. The molecule has 2 aliphatic carbocycles. The van der Waals surface area contributed by atoms with Crippen LogP contribution in [-0.2, 0) is 4.74 Å². The van der Waals surface area contributed by atoms with Gasteiger partial charge in [0.2, 0.25) is 0 Å². The lowest BCUT2D eigenvalue weighted by atomic mass is 9.82. The Bertz CT molecular complexity index is 223. The summed E-state index contributed by atoms with van der Waals surface area (Å²) in [6, 6.07) is 0. The van der Waals surface area contributed by atoms with Gasteiger partial charge in [0.1, 0.15) is 0 Å². The summed E-state index contributed by atoms with van der Waals surface area (Å²) in [6.07, 6.45) is 12.5. The second-order valence-corrected chi connectivity index (χ2v) is 6.41. The maximum Gasteiger partial charge on any atom is 0.0836 e. The van der Waals surface area contributed by atoms with Gasteiger partial charge in [-0.1, -0.05) is 39.0 Å². The molecule has 0 heterocycles. The van der Waals surface area contributed by atoms with E-state index in [2.05, 4.69) is 6.92 Å². The third-order valence-electron chi connectivity index (χ3n) is 4.83. The third-order valence-corrected chi connectivity index (χ3v) is 4.83. The highest BCUT2D eigenvalue weighted by Crippen LogP contribution is 2.31. The fourth-order valence-corrected chi connectivity index (χ4v) is 3.66. The van der Waals surface area contributed by atoms with Gasteiger partial charge in [-0.25, -0.2) is 0 Å². The lowest BCUT2D eigenvalue weighted by Crippen LogP contribution is -2.37. The molecular formula is C16H30O2. The summed E-state index contributed by atoms with van der Waals surface area (Å²) < 4.78 is 6.06. The van der Waals surface area contributed by atoms with E-state index in [1.54, 1.807) is 0 Å². The van der Waals surface area contributed by atoms with Crippen LogP contribution in [0, 0.1) is 11.8 Å². The minimum absolute atomic E-state index is 0.122. The van der Waals surface area contributed by atoms with Gasteiger partial charge in [-0.3, -0.25) is 0 Å². The Morgan fingerprint density at radius 3 is 2.50 bits per heavy atom. The number of ether oxygens (including phenoxy) is 1. The van der Waals surface area contributed by atoms with Crippen LogP contribution in [0.5, 0.6) is 0 Å². The lowest BCUT2D eigenvalue weighted by molar-refractivity contribution is -0.0839. The first-order valence-electron chi connectivity index (χ1n) is 8.09. The van der Waals surface area contributed by atoms with Crippen molar-refractivity contribution in [2.24, 2.45) is 11.8 Å². The SMILES string of the molecule is CCCC1CCC(O)C(OCC2CCCCC2)C1. The average molecular weight is 254 g/mol. The molecule has 0 aromatic rings. The molecular weight excluding hydrogens is 224 g/mol. The first-order valence-corrected chi connectivity index (χ1v) is 8.09. The van der Waals surface area contributed by atoms with E-state index < -0.39 is 0 Å². The Labute approximate surface area is 112 Å². The molecule has 0 radical (unpaired) electrons. The Kier molecular flexibility index (Phi) is 5.97. The van der Waals surface area contributed by atoms with E-state index >= 15 is 0 Å². The van der Waals surface area contributed by atoms with Crippen molar-refractivity contribution in [1.82, 2.24) is 0 Å². The molecule has 3 unspecified atom stereocenters. The molecule has 2 saturated carbocycles. The summed E-state index contributed by atoms with van der Waals surface area (Å²) in [7, 11) is 0. The van der Waals surface area contributed by atoms with Crippen molar-refractivity contribution in [2.45, 2.75) is 83.3 Å². The summed E-state index contributed by atoms with van der Waals surface area (Å²) in [4.78, 5) is 0. The van der Waals surface area contributed by atoms with Crippen LogP contribution in [0.15, 0.2) is 0 Å². The molecule has 0 spiro atoms. The van der Waals surface area contributed by atoms with Crippen LogP contribution >= 0.6 is 0 Å². The molecule has 0 aromatic heterocycles. The van der Waals surface area contributed by atoms with Gasteiger partial charge in [0, 0.05) is 6.61 Å². The van der Waals surface area contributed by atoms with Gasteiger partial charge in [0.05, 0.1) is 12.2 Å². The van der Waals surface area contributed by atoms with E-state index in [4.69, 9.17) is 4.74 Å². The largest absolute Gasteiger partial charge is 0.390 e. The van der Waals surface area contributed by atoms with E-state index in [-0.39, 0.29) is 12.2 Å². The van der Waals surface area contributed by atoms with Gasteiger partial charge in [-0.15, -0.1) is 0 Å². The van der Waals surface area contributed by atoms with Crippen molar-refractivity contribution < 1.29 is 9.84 Å². The van der Waals surface area contributed by atoms with Crippen molar-refractivity contribution in [3.8, 4) is 0 Å². The van der Waals surface area contributed by atoms with Gasteiger partial charge in [-0.05, 0) is 43.9 Å². The van der Waals surface area contributed by atoms with Crippen LogP contribution in [0.3, 0.4) is 0 Å². The summed E-state index contributed by atoms with van der Waals surface area (Å²) in [6.45, 7) is 3.14. The minimum Gasteiger partial charge on any atom is -0.390 e. The standard InChI is InChI=1S/C16H30O2/c1-2-6-13-9-10-15(17)16(11-13)18-12-14-7-4-3-5-8-14/h13-17H,2-12H2,1H3. The van der Waals surface area contributed by atoms with Crippen molar-refractivity contribution in [2.75, 3.05) is 6.61 Å². The Balaban J connectivity index is 1.72. The van der Waals surface area contributed by atoms with E-state index in [9.17, 15) is 5.11 Å². The summed E-state index contributed by atoms with van der Waals surface area (Å²) in [5.74, 6) is 1.55. The first kappa shape index (κ1) is 14.3. The molecule has 2 rings (SSSR count). The van der Waals surface area contributed by atoms with E-state index in [0.717, 1.165) is 31.3 Å². The molecule has 0 aliphatic heterocycles. The number of aliphatic hydroxyl groups is 1. The maximum atomic E-state index is 10.1. The van der Waals surface area contributed by atoms with Gasteiger partial charge in [0.25, 0.3) is 0 Å². The zero-order valence-electron chi connectivity index (χ0n) is 11.9. The fraction of sp³-hybridized carbons (Fsp3) is 1.00. The van der Waals surface area contributed by atoms with Crippen molar-refractivity contribution in [3.63, 3.8) is 0 Å². The maximum absolute atomic E-state index is 10.1. The lowest BCUT2D eigenvalue weighted by Gasteiger charge is -2.34. The van der Waals surface area contributed by atoms with Crippen LogP contribution in [0.1, 0.15) is 71.1 Å². The van der Waals surface area contributed by atoms with Crippen LogP contribution in [-0.4, -0.2) is 23.9 Å². The van der Waals surface area contributed by atoms with Gasteiger partial charge < -0.3 is 9.84 Å². The predicted molar refractivity (Wildman–Crippen MR) is 74.6 cm³/mol. The third kappa shape index (κ3) is 4.24. The van der Waals surface area contributed by atoms with Crippen LogP contribution in [0.2, 0.25) is 0 Å². The van der Waals surface area contributed by atoms with Crippen molar-refractivity contribution in [3.05, 3.63) is 0 Å². The Morgan fingerprint density at radius 2 is 1.78 bits per heavy atom. The molecule has 2 heteroatoms. The molecule has 1 N–H and O–H groups in total. The first-order chi connectivity index (χ1) is 8.79. The van der Waals surface area contributed by atoms with Gasteiger partial charge >= 0.3 is 0 Å². The zero-order valence-corrected chi connectivity index (χ0v) is 11.9. The quantitative estimate of drug-likeness (QED) is 0.806. The monoisotopic (exact) mass is 254 g/mol. The van der Waals surface area contributed by atoms with Gasteiger partial charge in [-0.2, -0.15) is 0 Å². The smallest absolute Gasteiger partial charge is 0.0836 e. The molecule has 0 bridgehead atoms. The topological polar surface area (TPSA) is 29.5 Å². The van der Waals surface area contributed by atoms with Crippen LogP contribution in [0.25, 0.3) is 0 Å². The number of aliphatic hydroxyl groups excluding tert-OH is 1. The second-order valence-electron chi connectivity index (χ2n) is 6.41. The van der Waals surface area contributed by atoms with E-state index in [0.29, 0.717) is 0 Å². The molecule has 0 saturated heterocycles. The molecule has 106 valence electrons. The highest BCUT2D eigenvalue weighted by Gasteiger charge is 2.30. The fourth-order valence-electron chi connectivity index (χ4n) is 3.66. The molecule has 18 heavy (non-hydrogen) atoms. The van der Waals surface area contributed by atoms with Crippen molar-refractivity contribution >= 4 is 0 Å². The summed E-state index contributed by atoms with van der Waals surface area (Å²) in [5, 5.41) is 10.1. The van der Waals surface area contributed by atoms with E-state index in [1.165, 1.54) is 51.4 Å². The predicted octanol–water partition coefficient (Wildman–Crippen LogP) is 3.91. The minimum atomic E-state index is -0.207. The normalized spacial score (nSPS) is 34.7. The van der Waals surface area contributed by atoms with Crippen LogP contribution in [0.4, 0.5) is 0 Å². The molecule has 2 aliphatic rings.